The topological polar surface area (TPSA) is 82.4 Å². The van der Waals surface area contributed by atoms with E-state index in [1.807, 2.05) is 43.3 Å². The molecule has 5 nitrogen and oxygen atoms in total. The Kier molecular flexibility index (Phi) is 4.19. The second-order valence-corrected chi connectivity index (χ2v) is 6.52. The van der Waals surface area contributed by atoms with Gasteiger partial charge in [-0.15, -0.1) is 0 Å². The van der Waals surface area contributed by atoms with Gasteiger partial charge < -0.3 is 4.98 Å². The molecule has 0 spiro atoms. The van der Waals surface area contributed by atoms with E-state index in [0.717, 1.165) is 16.5 Å². The predicted molar refractivity (Wildman–Crippen MR) is 107 cm³/mol. The molecule has 2 aromatic carbocycles. The number of nitrogens with one attached hydrogen (secondary N) is 1. The van der Waals surface area contributed by atoms with E-state index in [2.05, 4.69) is 21.0 Å². The summed E-state index contributed by atoms with van der Waals surface area (Å²) in [7, 11) is 0. The number of allylic oxidation sites excluding steroid dienone is 1. The number of H-pyrrole nitrogens is 1. The Balaban J connectivity index is 1.89. The first kappa shape index (κ1) is 17.0. The molecule has 0 aliphatic rings. The van der Waals surface area contributed by atoms with E-state index in [4.69, 9.17) is 11.6 Å². The number of benzene rings is 2. The molecule has 0 aliphatic carbocycles. The van der Waals surface area contributed by atoms with Gasteiger partial charge in [0.2, 0.25) is 0 Å². The van der Waals surface area contributed by atoms with E-state index in [1.54, 1.807) is 18.2 Å². The smallest absolute Gasteiger partial charge is 0.259 e. The number of pyridine rings is 1. The number of nitrogens with zero attached hydrogens (tertiary/aromatic N) is 3. The number of aromatic amines is 1. The van der Waals surface area contributed by atoms with Crippen LogP contribution in [0.5, 0.6) is 0 Å². The fourth-order valence-electron chi connectivity index (χ4n) is 2.90. The highest BCUT2D eigenvalue weighted by Gasteiger charge is 2.11. The van der Waals surface area contributed by atoms with Gasteiger partial charge in [-0.25, -0.2) is 9.97 Å². The molecule has 1 N–H and O–H groups in total. The van der Waals surface area contributed by atoms with Crippen LogP contribution in [0.1, 0.15) is 17.0 Å². The fourth-order valence-corrected chi connectivity index (χ4v) is 3.10. The number of fused-ring (bicyclic) bond motifs is 2. The average Bonchev–Trinajstić information content (AvgIpc) is 2.66. The molecule has 0 bridgehead atoms. The molecule has 6 heteroatoms. The van der Waals surface area contributed by atoms with Crippen molar-refractivity contribution in [3.05, 3.63) is 81.0 Å². The van der Waals surface area contributed by atoms with Crippen molar-refractivity contribution < 1.29 is 0 Å². The van der Waals surface area contributed by atoms with Gasteiger partial charge in [0, 0.05) is 10.9 Å². The van der Waals surface area contributed by atoms with Crippen LogP contribution in [0.4, 0.5) is 0 Å². The van der Waals surface area contributed by atoms with Crippen molar-refractivity contribution in [3.63, 3.8) is 0 Å². The van der Waals surface area contributed by atoms with Crippen molar-refractivity contribution in [1.82, 2.24) is 15.0 Å². The fraction of sp³-hybridized carbons (Fsp3) is 0.0476. The van der Waals surface area contributed by atoms with Crippen LogP contribution in [0.25, 0.3) is 33.5 Å². The highest BCUT2D eigenvalue weighted by atomic mass is 35.5. The summed E-state index contributed by atoms with van der Waals surface area (Å²) < 4.78 is 0. The van der Waals surface area contributed by atoms with Crippen LogP contribution >= 0.6 is 11.6 Å². The molecule has 2 heterocycles. The highest BCUT2D eigenvalue weighted by molar-refractivity contribution is 6.31. The van der Waals surface area contributed by atoms with E-state index >= 15 is 0 Å². The minimum absolute atomic E-state index is 0.197. The van der Waals surface area contributed by atoms with Gasteiger partial charge in [0.1, 0.15) is 11.2 Å². The minimum Gasteiger partial charge on any atom is -0.305 e. The molecule has 0 amide bonds. The molecule has 4 aromatic rings. The van der Waals surface area contributed by atoms with Gasteiger partial charge in [-0.1, -0.05) is 41.4 Å². The number of halogens is 1. The molecular weight excluding hydrogens is 360 g/mol. The highest BCUT2D eigenvalue weighted by Crippen LogP contribution is 2.24. The first-order chi connectivity index (χ1) is 13.0. The summed E-state index contributed by atoms with van der Waals surface area (Å²) >= 11 is 6.28. The Morgan fingerprint density at radius 3 is 2.78 bits per heavy atom. The van der Waals surface area contributed by atoms with Crippen LogP contribution in [0.3, 0.4) is 0 Å². The van der Waals surface area contributed by atoms with Crippen molar-refractivity contribution in [3.8, 4) is 6.07 Å². The number of aryl methyl sites for hydroxylation is 1. The molecule has 0 unspecified atom stereocenters. The largest absolute Gasteiger partial charge is 0.305 e. The zero-order valence-corrected chi connectivity index (χ0v) is 15.1. The number of hydrogen-bond donors (Lipinski definition) is 1. The molecule has 0 fully saturated rings. The summed E-state index contributed by atoms with van der Waals surface area (Å²) in [6.07, 6.45) is 1.58. The monoisotopic (exact) mass is 372 g/mol. The lowest BCUT2D eigenvalue weighted by molar-refractivity contribution is 1.13. The third kappa shape index (κ3) is 3.19. The molecule has 4 rings (SSSR count). The number of hydrogen-bond acceptors (Lipinski definition) is 4. The first-order valence-electron chi connectivity index (χ1n) is 8.23. The van der Waals surface area contributed by atoms with Gasteiger partial charge in [-0.3, -0.25) is 4.79 Å². The van der Waals surface area contributed by atoms with E-state index < -0.39 is 0 Å². The summed E-state index contributed by atoms with van der Waals surface area (Å²) in [5.74, 6) is 0.197. The summed E-state index contributed by atoms with van der Waals surface area (Å²) in [4.78, 5) is 23.9. The molecule has 0 radical (unpaired) electrons. The maximum Gasteiger partial charge on any atom is 0.259 e. The van der Waals surface area contributed by atoms with Crippen molar-refractivity contribution in [2.24, 2.45) is 0 Å². The normalized spacial score (nSPS) is 11.7. The van der Waals surface area contributed by atoms with E-state index in [0.29, 0.717) is 16.5 Å². The Hall–Kier alpha value is -3.49. The predicted octanol–water partition coefficient (Wildman–Crippen LogP) is 4.50. The maximum atomic E-state index is 12.4. The van der Waals surface area contributed by atoms with Crippen molar-refractivity contribution in [2.75, 3.05) is 0 Å². The van der Waals surface area contributed by atoms with Crippen LogP contribution in [0, 0.1) is 18.3 Å². The zero-order valence-electron chi connectivity index (χ0n) is 14.3. The average molecular weight is 373 g/mol. The van der Waals surface area contributed by atoms with Crippen LogP contribution < -0.4 is 5.56 Å². The maximum absolute atomic E-state index is 12.4. The van der Waals surface area contributed by atoms with Gasteiger partial charge in [0.15, 0.2) is 5.82 Å². The Morgan fingerprint density at radius 1 is 1.15 bits per heavy atom. The number of rotatable bonds is 2. The number of nitriles is 1. The third-order valence-corrected chi connectivity index (χ3v) is 4.54. The van der Waals surface area contributed by atoms with Gasteiger partial charge in [0.25, 0.3) is 5.56 Å². The molecular formula is C21H13ClN4O. The summed E-state index contributed by atoms with van der Waals surface area (Å²) in [5.41, 5.74) is 2.76. The molecule has 2 aromatic heterocycles. The summed E-state index contributed by atoms with van der Waals surface area (Å²) in [5, 5.41) is 11.3. The Morgan fingerprint density at radius 2 is 1.96 bits per heavy atom. The molecule has 0 atom stereocenters. The van der Waals surface area contributed by atoms with Gasteiger partial charge in [-0.05, 0) is 37.3 Å². The molecule has 27 heavy (non-hydrogen) atoms. The van der Waals surface area contributed by atoms with Crippen LogP contribution in [-0.2, 0) is 0 Å². The summed E-state index contributed by atoms with van der Waals surface area (Å²) in [6, 6.07) is 16.9. The molecule has 0 saturated heterocycles. The van der Waals surface area contributed by atoms with Gasteiger partial charge in [-0.2, -0.15) is 5.26 Å². The Labute approximate surface area is 159 Å². The van der Waals surface area contributed by atoms with Gasteiger partial charge in [0.05, 0.1) is 22.0 Å². The first-order valence-corrected chi connectivity index (χ1v) is 8.61. The minimum atomic E-state index is -0.289. The Bertz CT molecular complexity index is 1330. The van der Waals surface area contributed by atoms with Gasteiger partial charge >= 0.3 is 0 Å². The van der Waals surface area contributed by atoms with Crippen molar-refractivity contribution >= 4 is 45.1 Å². The molecule has 0 aliphatic heterocycles. The number of aromatic nitrogens is 3. The van der Waals surface area contributed by atoms with Crippen LogP contribution in [-0.4, -0.2) is 15.0 Å². The lowest BCUT2D eigenvalue weighted by atomic mass is 10.1. The molecule has 0 saturated carbocycles. The quantitative estimate of drug-likeness (QED) is 0.415. The second-order valence-electron chi connectivity index (χ2n) is 6.17. The lowest BCUT2D eigenvalue weighted by Gasteiger charge is -2.05. The summed E-state index contributed by atoms with van der Waals surface area (Å²) in [6.45, 7) is 1.90. The van der Waals surface area contributed by atoms with E-state index in [9.17, 15) is 10.1 Å². The SMILES string of the molecule is Cc1ccc2nc(/C(C#N)=C/c3cc4ccccc4nc3Cl)[nH]c(=O)c2c1. The van der Waals surface area contributed by atoms with Crippen molar-refractivity contribution in [1.29, 1.82) is 5.26 Å². The van der Waals surface area contributed by atoms with Crippen LogP contribution in [0.15, 0.2) is 53.3 Å². The third-order valence-electron chi connectivity index (χ3n) is 4.24. The molecule has 130 valence electrons. The number of para-hydroxylation sites is 1. The second kappa shape index (κ2) is 6.67. The van der Waals surface area contributed by atoms with Crippen molar-refractivity contribution in [2.45, 2.75) is 6.92 Å². The lowest BCUT2D eigenvalue weighted by Crippen LogP contribution is -2.11. The zero-order chi connectivity index (χ0) is 19.0. The van der Waals surface area contributed by atoms with E-state index in [-0.39, 0.29) is 22.1 Å². The van der Waals surface area contributed by atoms with Crippen LogP contribution in [0.2, 0.25) is 5.15 Å². The standard InChI is InChI=1S/C21H13ClN4O/c1-12-6-7-18-16(8-12)21(27)26-20(25-18)15(11-23)10-14-9-13-4-2-3-5-17(13)24-19(14)22/h2-10H,1H3,(H,25,26,27)/b15-10+. The van der Waals surface area contributed by atoms with E-state index in [1.165, 1.54) is 0 Å².